The van der Waals surface area contributed by atoms with Crippen molar-refractivity contribution in [1.82, 2.24) is 9.80 Å². The number of carbonyl (C=O) groups excluding carboxylic acids is 1. The van der Waals surface area contributed by atoms with Crippen LogP contribution in [0.1, 0.15) is 64.4 Å². The van der Waals surface area contributed by atoms with Crippen molar-refractivity contribution in [2.75, 3.05) is 13.1 Å². The summed E-state index contributed by atoms with van der Waals surface area (Å²) in [4.78, 5) is 18.6. The van der Waals surface area contributed by atoms with E-state index in [-0.39, 0.29) is 36.9 Å². The molecule has 0 N–H and O–H groups in total. The second-order valence-electron chi connectivity index (χ2n) is 11.4. The van der Waals surface area contributed by atoms with Crippen LogP contribution in [0.2, 0.25) is 0 Å². The van der Waals surface area contributed by atoms with Gasteiger partial charge in [-0.1, -0.05) is 91.9 Å². The number of rotatable bonds is 9. The van der Waals surface area contributed by atoms with E-state index in [0.717, 1.165) is 25.8 Å². The van der Waals surface area contributed by atoms with Gasteiger partial charge in [0, 0.05) is 24.7 Å². The Balaban J connectivity index is 1.48. The molecule has 0 saturated carbocycles. The summed E-state index contributed by atoms with van der Waals surface area (Å²) in [6, 6.07) is 30.2. The summed E-state index contributed by atoms with van der Waals surface area (Å²) in [7, 11) is 0. The van der Waals surface area contributed by atoms with Gasteiger partial charge in [-0.25, -0.2) is 4.39 Å². The molecule has 0 radical (unpaired) electrons. The Hall–Kier alpha value is -3.76. The minimum atomic E-state index is -0.272. The van der Waals surface area contributed by atoms with E-state index in [1.165, 1.54) is 45.0 Å². The molecule has 4 aromatic carbocycles. The second kappa shape index (κ2) is 12.8. The summed E-state index contributed by atoms with van der Waals surface area (Å²) in [6.07, 6.45) is 2.57. The summed E-state index contributed by atoms with van der Waals surface area (Å²) in [6.45, 7) is 9.91. The van der Waals surface area contributed by atoms with Gasteiger partial charge in [-0.05, 0) is 85.0 Å². The van der Waals surface area contributed by atoms with Crippen molar-refractivity contribution in [3.05, 3.63) is 141 Å². The molecule has 0 aliphatic carbocycles. The fourth-order valence-corrected chi connectivity index (χ4v) is 6.44. The molecule has 4 heteroatoms. The van der Waals surface area contributed by atoms with Crippen molar-refractivity contribution in [2.24, 2.45) is 0 Å². The lowest BCUT2D eigenvalue weighted by atomic mass is 9.84. The van der Waals surface area contributed by atoms with Crippen LogP contribution in [0.4, 0.5) is 4.39 Å². The van der Waals surface area contributed by atoms with Crippen LogP contribution >= 0.6 is 0 Å². The van der Waals surface area contributed by atoms with Crippen LogP contribution in [-0.2, 0) is 30.6 Å². The van der Waals surface area contributed by atoms with Gasteiger partial charge >= 0.3 is 0 Å². The maximum atomic E-state index is 14.9. The van der Waals surface area contributed by atoms with Gasteiger partial charge in [0.15, 0.2) is 0 Å². The molecule has 0 bridgehead atoms. The summed E-state index contributed by atoms with van der Waals surface area (Å²) in [5, 5.41) is 0. The summed E-state index contributed by atoms with van der Waals surface area (Å²) < 4.78 is 14.9. The van der Waals surface area contributed by atoms with E-state index in [1.807, 2.05) is 11.0 Å². The van der Waals surface area contributed by atoms with E-state index in [1.54, 1.807) is 12.1 Å². The lowest BCUT2D eigenvalue weighted by Gasteiger charge is -2.40. The van der Waals surface area contributed by atoms with E-state index in [4.69, 9.17) is 0 Å². The average molecular weight is 549 g/mol. The molecule has 4 aromatic rings. The van der Waals surface area contributed by atoms with Crippen LogP contribution in [0.25, 0.3) is 0 Å². The molecule has 1 amide bonds. The van der Waals surface area contributed by atoms with Gasteiger partial charge in [0.1, 0.15) is 5.82 Å². The van der Waals surface area contributed by atoms with Gasteiger partial charge in [0.25, 0.3) is 0 Å². The Bertz CT molecular complexity index is 1510. The molecule has 0 saturated heterocycles. The molecular weight excluding hydrogens is 507 g/mol. The van der Waals surface area contributed by atoms with Crippen LogP contribution in [0.15, 0.2) is 91.0 Å². The number of amides is 1. The number of benzene rings is 4. The predicted octanol–water partition coefficient (Wildman–Crippen LogP) is 7.61. The van der Waals surface area contributed by atoms with Crippen LogP contribution < -0.4 is 0 Å². The number of fused-ring (bicyclic) bond motifs is 1. The normalized spacial score (nSPS) is 15.8. The van der Waals surface area contributed by atoms with Crippen LogP contribution in [-0.4, -0.2) is 34.8 Å². The molecule has 3 nitrogen and oxygen atoms in total. The van der Waals surface area contributed by atoms with Gasteiger partial charge in [0.05, 0.1) is 12.6 Å². The van der Waals surface area contributed by atoms with Crippen LogP contribution in [0.5, 0.6) is 0 Å². The molecule has 41 heavy (non-hydrogen) atoms. The number of halogens is 1. The Labute approximate surface area is 244 Å². The molecule has 5 rings (SSSR count). The zero-order valence-corrected chi connectivity index (χ0v) is 24.7. The van der Waals surface area contributed by atoms with E-state index in [0.29, 0.717) is 5.56 Å². The SMILES string of the molecule is CCc1ccccc1CC(C)N(Cc1ccccc1F)C(=O)CN1CCc2cccc(C)c2C1c1ccccc1C. The topological polar surface area (TPSA) is 23.6 Å². The summed E-state index contributed by atoms with van der Waals surface area (Å²) >= 11 is 0. The van der Waals surface area contributed by atoms with Gasteiger partial charge < -0.3 is 4.90 Å². The molecule has 1 aliphatic rings. The monoisotopic (exact) mass is 548 g/mol. The van der Waals surface area contributed by atoms with E-state index in [2.05, 4.69) is 99.3 Å². The lowest BCUT2D eigenvalue weighted by molar-refractivity contribution is -0.135. The highest BCUT2D eigenvalue weighted by atomic mass is 19.1. The third-order valence-electron chi connectivity index (χ3n) is 8.71. The maximum absolute atomic E-state index is 14.9. The van der Waals surface area contributed by atoms with Crippen molar-refractivity contribution in [1.29, 1.82) is 0 Å². The third-order valence-corrected chi connectivity index (χ3v) is 8.71. The summed E-state index contributed by atoms with van der Waals surface area (Å²) in [5.74, 6) is -0.239. The molecule has 0 aromatic heterocycles. The first-order chi connectivity index (χ1) is 19.9. The third kappa shape index (κ3) is 6.28. The molecule has 0 spiro atoms. The molecule has 1 aliphatic heterocycles. The van der Waals surface area contributed by atoms with Crippen molar-refractivity contribution >= 4 is 5.91 Å². The van der Waals surface area contributed by atoms with Gasteiger partial charge in [-0.3, -0.25) is 9.69 Å². The van der Waals surface area contributed by atoms with Gasteiger partial charge in [0.2, 0.25) is 5.91 Å². The zero-order valence-electron chi connectivity index (χ0n) is 24.7. The maximum Gasteiger partial charge on any atom is 0.237 e. The summed E-state index contributed by atoms with van der Waals surface area (Å²) in [5.41, 5.74) is 9.46. The highest BCUT2D eigenvalue weighted by Crippen LogP contribution is 2.38. The van der Waals surface area contributed by atoms with E-state index < -0.39 is 0 Å². The molecule has 2 unspecified atom stereocenters. The van der Waals surface area contributed by atoms with Crippen molar-refractivity contribution < 1.29 is 9.18 Å². The second-order valence-corrected chi connectivity index (χ2v) is 11.4. The molecular formula is C37H41FN2O. The standard InChI is InChI=1S/C37H41FN2O/c1-5-29-15-7-8-16-31(29)23-28(4)40(24-32-17-9-11-20-34(32)38)35(41)25-39-22-21-30-18-12-14-27(3)36(30)37(39)33-19-10-6-13-26(33)2/h6-20,28,37H,5,21-25H2,1-4H3. The number of hydrogen-bond donors (Lipinski definition) is 0. The Morgan fingerprint density at radius 2 is 1.54 bits per heavy atom. The fraction of sp³-hybridized carbons (Fsp3) is 0.324. The number of nitrogens with zero attached hydrogens (tertiary/aromatic N) is 2. The molecule has 0 fully saturated rings. The number of carbonyl (C=O) groups is 1. The molecule has 2 atom stereocenters. The predicted molar refractivity (Wildman–Crippen MR) is 165 cm³/mol. The highest BCUT2D eigenvalue weighted by Gasteiger charge is 2.34. The molecule has 212 valence electrons. The van der Waals surface area contributed by atoms with Gasteiger partial charge in [-0.15, -0.1) is 0 Å². The lowest BCUT2D eigenvalue weighted by Crippen LogP contribution is -2.48. The first kappa shape index (κ1) is 28.8. The smallest absolute Gasteiger partial charge is 0.237 e. The number of aryl methyl sites for hydroxylation is 3. The van der Waals surface area contributed by atoms with Crippen molar-refractivity contribution in [3.8, 4) is 0 Å². The van der Waals surface area contributed by atoms with Crippen molar-refractivity contribution in [3.63, 3.8) is 0 Å². The fourth-order valence-electron chi connectivity index (χ4n) is 6.44. The first-order valence-corrected chi connectivity index (χ1v) is 14.8. The largest absolute Gasteiger partial charge is 0.334 e. The Morgan fingerprint density at radius 3 is 2.27 bits per heavy atom. The van der Waals surface area contributed by atoms with E-state index >= 15 is 0 Å². The van der Waals surface area contributed by atoms with E-state index in [9.17, 15) is 9.18 Å². The zero-order chi connectivity index (χ0) is 28.9. The molecule has 1 heterocycles. The van der Waals surface area contributed by atoms with Crippen LogP contribution in [0.3, 0.4) is 0 Å². The first-order valence-electron chi connectivity index (χ1n) is 14.8. The van der Waals surface area contributed by atoms with Gasteiger partial charge in [-0.2, -0.15) is 0 Å². The average Bonchev–Trinajstić information content (AvgIpc) is 2.97. The van der Waals surface area contributed by atoms with Crippen molar-refractivity contribution in [2.45, 2.75) is 65.6 Å². The quantitative estimate of drug-likeness (QED) is 0.215. The Morgan fingerprint density at radius 1 is 0.878 bits per heavy atom. The minimum Gasteiger partial charge on any atom is -0.334 e. The Kier molecular flexibility index (Phi) is 8.99. The van der Waals surface area contributed by atoms with Crippen LogP contribution in [0, 0.1) is 19.7 Å². The number of hydrogen-bond acceptors (Lipinski definition) is 2. The highest BCUT2D eigenvalue weighted by molar-refractivity contribution is 5.79. The minimum absolute atomic E-state index is 0.00321.